The minimum absolute atomic E-state index is 0.981. The second-order valence-corrected chi connectivity index (χ2v) is 17.2. The zero-order chi connectivity index (χ0) is 27.1. The van der Waals surface area contributed by atoms with Crippen LogP contribution in [0.25, 0.3) is 21.5 Å². The number of rotatable bonds is 3. The molecule has 0 bridgehead atoms. The SMILES string of the molecule is C[Si](C)(C)C1=CC[C-]=C1.Cc1ccc2c(c1)[cH-]c1cc(C)ccc12.[Zr+2]=[C](c1ccccc1)c1ccccc1. The van der Waals surface area contributed by atoms with Gasteiger partial charge in [-0.1, -0.05) is 55.0 Å². The van der Waals surface area contributed by atoms with E-state index in [1.54, 1.807) is 5.20 Å². The second kappa shape index (κ2) is 12.8. The fourth-order valence-electron chi connectivity index (χ4n) is 4.56. The van der Waals surface area contributed by atoms with Crippen LogP contribution in [0.3, 0.4) is 0 Å². The van der Waals surface area contributed by atoms with Crippen molar-refractivity contribution >= 4 is 32.8 Å². The molecular weight excluding hydrogens is 552 g/mol. The van der Waals surface area contributed by atoms with Crippen LogP contribution in [0.4, 0.5) is 0 Å². The van der Waals surface area contributed by atoms with Crippen LogP contribution in [-0.2, 0) is 24.2 Å². The molecule has 0 aliphatic heterocycles. The van der Waals surface area contributed by atoms with Crippen LogP contribution < -0.4 is 0 Å². The van der Waals surface area contributed by atoms with Crippen molar-refractivity contribution in [2.24, 2.45) is 0 Å². The summed E-state index contributed by atoms with van der Waals surface area (Å²) < 4.78 is 1.42. The molecule has 0 N–H and O–H groups in total. The molecule has 0 unspecified atom stereocenters. The van der Waals surface area contributed by atoms with Crippen LogP contribution in [0.15, 0.2) is 120 Å². The first-order valence-corrected chi connectivity index (χ1v) is 18.0. The van der Waals surface area contributed by atoms with Gasteiger partial charge < -0.3 is 0 Å². The van der Waals surface area contributed by atoms with Crippen molar-refractivity contribution in [3.8, 4) is 0 Å². The topological polar surface area (TPSA) is 0 Å². The molecule has 1 aliphatic rings. The first kappa shape index (κ1) is 28.2. The van der Waals surface area contributed by atoms with Crippen LogP contribution in [0.5, 0.6) is 0 Å². The molecule has 38 heavy (non-hydrogen) atoms. The van der Waals surface area contributed by atoms with Crippen LogP contribution in [0.2, 0.25) is 19.6 Å². The Bertz CT molecular complexity index is 1480. The maximum atomic E-state index is 3.20. The zero-order valence-electron chi connectivity index (χ0n) is 23.2. The van der Waals surface area contributed by atoms with Gasteiger partial charge in [0.2, 0.25) is 0 Å². The molecule has 0 atom stereocenters. The van der Waals surface area contributed by atoms with E-state index in [0.717, 1.165) is 6.42 Å². The number of allylic oxidation sites excluding steroid dienone is 4. The molecule has 0 fully saturated rings. The van der Waals surface area contributed by atoms with Gasteiger partial charge in [0.1, 0.15) is 0 Å². The molecular formula is C36H36SiZr. The molecule has 1 aliphatic carbocycles. The van der Waals surface area contributed by atoms with Crippen molar-refractivity contribution in [2.45, 2.75) is 39.9 Å². The minimum atomic E-state index is -0.981. The monoisotopic (exact) mass is 586 g/mol. The molecule has 0 aromatic heterocycles. The summed E-state index contributed by atoms with van der Waals surface area (Å²) in [5.41, 5.74) is 5.32. The first-order valence-electron chi connectivity index (χ1n) is 13.3. The third-order valence-electron chi connectivity index (χ3n) is 6.70. The fraction of sp³-hybridized carbons (Fsp3) is 0.167. The summed E-state index contributed by atoms with van der Waals surface area (Å²) in [5, 5.41) is 7.01. The average molecular weight is 588 g/mol. The van der Waals surface area contributed by atoms with Gasteiger partial charge in [0.15, 0.2) is 0 Å². The van der Waals surface area contributed by atoms with E-state index in [0.29, 0.717) is 0 Å². The van der Waals surface area contributed by atoms with E-state index in [2.05, 4.69) is 155 Å². The molecule has 0 heterocycles. The Morgan fingerprint density at radius 1 is 0.711 bits per heavy atom. The molecule has 2 heteroatoms. The summed E-state index contributed by atoms with van der Waals surface area (Å²) in [6.45, 7) is 11.4. The van der Waals surface area contributed by atoms with E-state index in [4.69, 9.17) is 0 Å². The number of aryl methyl sites for hydroxylation is 2. The van der Waals surface area contributed by atoms with E-state index in [1.807, 2.05) is 0 Å². The van der Waals surface area contributed by atoms with Crippen molar-refractivity contribution in [2.75, 3.05) is 0 Å². The summed E-state index contributed by atoms with van der Waals surface area (Å²) in [6, 6.07) is 36.7. The van der Waals surface area contributed by atoms with Gasteiger partial charge in [-0.2, -0.15) is 6.08 Å². The Balaban J connectivity index is 0.000000137. The molecule has 0 radical (unpaired) electrons. The molecule has 0 saturated carbocycles. The third kappa shape index (κ3) is 7.40. The summed E-state index contributed by atoms with van der Waals surface area (Å²) >= 11 is 1.46. The van der Waals surface area contributed by atoms with E-state index < -0.39 is 8.07 Å². The van der Waals surface area contributed by atoms with Gasteiger partial charge in [0.25, 0.3) is 0 Å². The zero-order valence-corrected chi connectivity index (χ0v) is 26.6. The predicted molar refractivity (Wildman–Crippen MR) is 166 cm³/mol. The Morgan fingerprint density at radius 2 is 1.18 bits per heavy atom. The molecule has 0 spiro atoms. The Labute approximate surface area is 244 Å². The summed E-state index contributed by atoms with van der Waals surface area (Å²) in [5.74, 6) is 0. The molecule has 0 saturated heterocycles. The summed E-state index contributed by atoms with van der Waals surface area (Å²) in [4.78, 5) is 0. The predicted octanol–water partition coefficient (Wildman–Crippen LogP) is 9.68. The number of hydrogen-bond acceptors (Lipinski definition) is 0. The van der Waals surface area contributed by atoms with Crippen molar-refractivity contribution in [3.63, 3.8) is 0 Å². The number of fused-ring (bicyclic) bond motifs is 3. The van der Waals surface area contributed by atoms with Gasteiger partial charge in [-0.15, -0.1) is 46.2 Å². The van der Waals surface area contributed by atoms with Crippen LogP contribution in [0.1, 0.15) is 28.7 Å². The van der Waals surface area contributed by atoms with Gasteiger partial charge in [-0.05, 0) is 21.9 Å². The molecule has 188 valence electrons. The van der Waals surface area contributed by atoms with Gasteiger partial charge in [0, 0.05) is 0 Å². The molecule has 5 aromatic carbocycles. The maximum absolute atomic E-state index is 3.20. The van der Waals surface area contributed by atoms with Gasteiger partial charge in [-0.25, -0.2) is 11.3 Å². The quantitative estimate of drug-likeness (QED) is 0.146. The van der Waals surface area contributed by atoms with E-state index in [1.165, 1.54) is 71.2 Å². The first-order chi connectivity index (χ1) is 18.2. The van der Waals surface area contributed by atoms with E-state index in [-0.39, 0.29) is 0 Å². The summed E-state index contributed by atoms with van der Waals surface area (Å²) in [7, 11) is -0.981. The standard InChI is InChI=1S/C15H13.C13H10.C8H13Si.Zr/c1-10-3-5-14-12(7-10)9-13-8-11(2)4-6-15(13)14;1-3-7-12(8-4-1)11-13-9-5-2-6-10-13;1-9(2,3)8-6-4-5-7-8;/h3-9H,1-2H3;1-10H;6-7H,4H2,1-3H3;/q-1;;-1;+2. The Hall–Kier alpha value is -2.80. The van der Waals surface area contributed by atoms with Crippen LogP contribution in [-0.4, -0.2) is 11.3 Å². The summed E-state index contributed by atoms with van der Waals surface area (Å²) in [6.07, 6.45) is 8.69. The Morgan fingerprint density at radius 3 is 1.55 bits per heavy atom. The van der Waals surface area contributed by atoms with E-state index in [9.17, 15) is 0 Å². The number of benzene rings is 4. The fourth-order valence-corrected chi connectivity index (χ4v) is 6.63. The third-order valence-corrected chi connectivity index (χ3v) is 10.2. The van der Waals surface area contributed by atoms with E-state index >= 15 is 0 Å². The van der Waals surface area contributed by atoms with Gasteiger partial charge in [0.05, 0.1) is 0 Å². The van der Waals surface area contributed by atoms with Crippen molar-refractivity contribution < 1.29 is 24.2 Å². The normalized spacial score (nSPS) is 12.4. The van der Waals surface area contributed by atoms with Gasteiger partial charge >= 0.3 is 99.2 Å². The number of hydrogen-bond donors (Lipinski definition) is 0. The van der Waals surface area contributed by atoms with Crippen molar-refractivity contribution in [3.05, 3.63) is 149 Å². The second-order valence-electron chi connectivity index (χ2n) is 10.9. The molecule has 6 rings (SSSR count). The average Bonchev–Trinajstić information content (AvgIpc) is 3.58. The molecule has 0 amide bonds. The molecule has 0 nitrogen and oxygen atoms in total. The van der Waals surface area contributed by atoms with Crippen molar-refractivity contribution in [1.29, 1.82) is 0 Å². The molecule has 5 aromatic rings. The van der Waals surface area contributed by atoms with Crippen LogP contribution in [0, 0.1) is 19.9 Å². The van der Waals surface area contributed by atoms with Crippen molar-refractivity contribution in [1.82, 2.24) is 0 Å². The van der Waals surface area contributed by atoms with Crippen LogP contribution >= 0.6 is 0 Å². The van der Waals surface area contributed by atoms with Gasteiger partial charge in [-0.3, -0.25) is 6.08 Å². The Kier molecular flexibility index (Phi) is 9.53.